The Labute approximate surface area is 99.3 Å². The Morgan fingerprint density at radius 1 is 1.44 bits per heavy atom. The summed E-state index contributed by atoms with van der Waals surface area (Å²) < 4.78 is 10.7. The van der Waals surface area contributed by atoms with Crippen molar-refractivity contribution in [1.29, 1.82) is 0 Å². The van der Waals surface area contributed by atoms with E-state index in [9.17, 15) is 4.79 Å². The third-order valence-electron chi connectivity index (χ3n) is 2.45. The monoisotopic (exact) mass is 240 g/mol. The summed E-state index contributed by atoms with van der Waals surface area (Å²) >= 11 is 5.76. The number of ether oxygens (including phenoxy) is 2. The molecule has 86 valence electrons. The minimum atomic E-state index is 0.180. The SMILES string of the molecule is O=Cc1cc(Cl)ccc1OCOCC1CC1. The molecule has 0 aromatic heterocycles. The van der Waals surface area contributed by atoms with Crippen LogP contribution in [0.2, 0.25) is 5.02 Å². The quantitative estimate of drug-likeness (QED) is 0.436. The van der Waals surface area contributed by atoms with Crippen LogP contribution in [0.3, 0.4) is 0 Å². The zero-order chi connectivity index (χ0) is 11.4. The summed E-state index contributed by atoms with van der Waals surface area (Å²) in [6, 6.07) is 4.93. The summed E-state index contributed by atoms with van der Waals surface area (Å²) in [7, 11) is 0. The van der Waals surface area contributed by atoms with Crippen LogP contribution in [0, 0.1) is 5.92 Å². The maximum Gasteiger partial charge on any atom is 0.189 e. The molecule has 1 saturated carbocycles. The molecule has 0 amide bonds. The maximum atomic E-state index is 10.8. The lowest BCUT2D eigenvalue weighted by Crippen LogP contribution is -2.06. The number of carbonyl (C=O) groups excluding carboxylic acids is 1. The standard InChI is InChI=1S/C12H13ClO3/c13-11-3-4-12(10(5-11)6-14)16-8-15-7-9-1-2-9/h3-6,9H,1-2,7-8H2. The second-order valence-corrected chi connectivity index (χ2v) is 4.31. The molecule has 3 nitrogen and oxygen atoms in total. The van der Waals surface area contributed by atoms with Gasteiger partial charge in [0.25, 0.3) is 0 Å². The highest BCUT2D eigenvalue weighted by Crippen LogP contribution is 2.29. The summed E-state index contributed by atoms with van der Waals surface area (Å²) in [5.41, 5.74) is 0.447. The van der Waals surface area contributed by atoms with E-state index in [4.69, 9.17) is 21.1 Å². The number of halogens is 1. The van der Waals surface area contributed by atoms with E-state index in [1.165, 1.54) is 12.8 Å². The molecule has 16 heavy (non-hydrogen) atoms. The molecule has 0 unspecified atom stereocenters. The molecule has 1 aromatic rings. The van der Waals surface area contributed by atoms with Gasteiger partial charge >= 0.3 is 0 Å². The van der Waals surface area contributed by atoms with Gasteiger partial charge in [0.05, 0.1) is 12.2 Å². The highest BCUT2D eigenvalue weighted by molar-refractivity contribution is 6.30. The van der Waals surface area contributed by atoms with Crippen molar-refractivity contribution in [1.82, 2.24) is 0 Å². The molecule has 0 radical (unpaired) electrons. The van der Waals surface area contributed by atoms with Gasteiger partial charge in [-0.1, -0.05) is 11.6 Å². The molecule has 2 rings (SSSR count). The molecule has 0 heterocycles. The highest BCUT2D eigenvalue weighted by Gasteiger charge is 2.21. The van der Waals surface area contributed by atoms with Crippen molar-refractivity contribution >= 4 is 17.9 Å². The van der Waals surface area contributed by atoms with Gasteiger partial charge in [0.2, 0.25) is 0 Å². The second-order valence-electron chi connectivity index (χ2n) is 3.88. The number of aldehydes is 1. The highest BCUT2D eigenvalue weighted by atomic mass is 35.5. The van der Waals surface area contributed by atoms with E-state index in [0.717, 1.165) is 12.9 Å². The number of hydrogen-bond donors (Lipinski definition) is 0. The first kappa shape index (κ1) is 11.4. The zero-order valence-corrected chi connectivity index (χ0v) is 9.57. The average Bonchev–Trinajstić information content (AvgIpc) is 3.09. The summed E-state index contributed by atoms with van der Waals surface area (Å²) in [5.74, 6) is 1.22. The summed E-state index contributed by atoms with van der Waals surface area (Å²) in [6.07, 6.45) is 3.23. The van der Waals surface area contributed by atoms with Crippen LogP contribution in [0.15, 0.2) is 18.2 Å². The molecule has 1 aliphatic rings. The smallest absolute Gasteiger partial charge is 0.189 e. The van der Waals surface area contributed by atoms with Crippen LogP contribution >= 0.6 is 11.6 Å². The van der Waals surface area contributed by atoms with Crippen molar-refractivity contribution in [3.8, 4) is 5.75 Å². The van der Waals surface area contributed by atoms with E-state index in [0.29, 0.717) is 22.3 Å². The van der Waals surface area contributed by atoms with Gasteiger partial charge in [0, 0.05) is 5.02 Å². The lowest BCUT2D eigenvalue weighted by molar-refractivity contribution is 0.00970. The van der Waals surface area contributed by atoms with Gasteiger partial charge in [0.1, 0.15) is 5.75 Å². The van der Waals surface area contributed by atoms with Crippen molar-refractivity contribution in [3.05, 3.63) is 28.8 Å². The zero-order valence-electron chi connectivity index (χ0n) is 8.82. The van der Waals surface area contributed by atoms with E-state index in [2.05, 4.69) is 0 Å². The van der Waals surface area contributed by atoms with Crippen LogP contribution in [0.1, 0.15) is 23.2 Å². The fraction of sp³-hybridized carbons (Fsp3) is 0.417. The van der Waals surface area contributed by atoms with Crippen molar-refractivity contribution in [2.45, 2.75) is 12.8 Å². The van der Waals surface area contributed by atoms with Gasteiger partial charge in [-0.05, 0) is 37.0 Å². The summed E-state index contributed by atoms with van der Waals surface area (Å²) in [4.78, 5) is 10.8. The van der Waals surface area contributed by atoms with Gasteiger partial charge in [-0.2, -0.15) is 0 Å². The maximum absolute atomic E-state index is 10.8. The van der Waals surface area contributed by atoms with Crippen LogP contribution in [-0.2, 0) is 4.74 Å². The Balaban J connectivity index is 1.84. The van der Waals surface area contributed by atoms with Crippen LogP contribution < -0.4 is 4.74 Å². The molecule has 0 N–H and O–H groups in total. The number of carbonyl (C=O) groups is 1. The van der Waals surface area contributed by atoms with Crippen molar-refractivity contribution in [2.24, 2.45) is 5.92 Å². The molecule has 0 saturated heterocycles. The Kier molecular flexibility index (Phi) is 3.80. The van der Waals surface area contributed by atoms with Gasteiger partial charge in [-0.3, -0.25) is 4.79 Å². The predicted octanol–water partition coefficient (Wildman–Crippen LogP) is 2.92. The van der Waals surface area contributed by atoms with Crippen LogP contribution in [0.25, 0.3) is 0 Å². The van der Waals surface area contributed by atoms with Crippen LogP contribution in [0.5, 0.6) is 5.75 Å². The van der Waals surface area contributed by atoms with Crippen molar-refractivity contribution in [2.75, 3.05) is 13.4 Å². The topological polar surface area (TPSA) is 35.5 Å². The molecular weight excluding hydrogens is 228 g/mol. The van der Waals surface area contributed by atoms with Gasteiger partial charge in [-0.15, -0.1) is 0 Å². The number of benzene rings is 1. The molecule has 4 heteroatoms. The number of hydrogen-bond acceptors (Lipinski definition) is 3. The fourth-order valence-electron chi connectivity index (χ4n) is 1.35. The molecule has 1 fully saturated rings. The Hall–Kier alpha value is -1.06. The van der Waals surface area contributed by atoms with E-state index >= 15 is 0 Å². The van der Waals surface area contributed by atoms with Gasteiger partial charge in [-0.25, -0.2) is 0 Å². The van der Waals surface area contributed by atoms with Gasteiger partial charge < -0.3 is 9.47 Å². The first-order valence-electron chi connectivity index (χ1n) is 5.25. The lowest BCUT2D eigenvalue weighted by Gasteiger charge is -2.08. The molecular formula is C12H13ClO3. The number of rotatable bonds is 6. The predicted molar refractivity (Wildman–Crippen MR) is 61.0 cm³/mol. The minimum absolute atomic E-state index is 0.180. The van der Waals surface area contributed by atoms with Crippen LogP contribution in [-0.4, -0.2) is 19.7 Å². The molecule has 1 aliphatic carbocycles. The Bertz CT molecular complexity index is 375. The normalized spacial score (nSPS) is 14.8. The van der Waals surface area contributed by atoms with Gasteiger partial charge in [0.15, 0.2) is 13.1 Å². The first-order chi connectivity index (χ1) is 7.79. The summed E-state index contributed by atoms with van der Waals surface area (Å²) in [5, 5.41) is 0.522. The Morgan fingerprint density at radius 2 is 2.25 bits per heavy atom. The van der Waals surface area contributed by atoms with E-state index in [1.807, 2.05) is 0 Å². The fourth-order valence-corrected chi connectivity index (χ4v) is 1.53. The minimum Gasteiger partial charge on any atom is -0.467 e. The summed E-state index contributed by atoms with van der Waals surface area (Å²) in [6.45, 7) is 0.920. The average molecular weight is 241 g/mol. The third kappa shape index (κ3) is 3.22. The van der Waals surface area contributed by atoms with E-state index in [-0.39, 0.29) is 6.79 Å². The van der Waals surface area contributed by atoms with Crippen molar-refractivity contribution < 1.29 is 14.3 Å². The molecule has 0 atom stereocenters. The van der Waals surface area contributed by atoms with Crippen molar-refractivity contribution in [3.63, 3.8) is 0 Å². The molecule has 0 aliphatic heterocycles. The van der Waals surface area contributed by atoms with E-state index < -0.39 is 0 Å². The second kappa shape index (κ2) is 5.32. The lowest BCUT2D eigenvalue weighted by atomic mass is 10.2. The first-order valence-corrected chi connectivity index (χ1v) is 5.62. The van der Waals surface area contributed by atoms with E-state index in [1.54, 1.807) is 18.2 Å². The molecule has 1 aromatic carbocycles. The van der Waals surface area contributed by atoms with Crippen LogP contribution in [0.4, 0.5) is 0 Å². The third-order valence-corrected chi connectivity index (χ3v) is 2.68. The Morgan fingerprint density at radius 3 is 2.94 bits per heavy atom. The largest absolute Gasteiger partial charge is 0.467 e. The molecule has 0 bridgehead atoms. The molecule has 0 spiro atoms.